The Bertz CT molecular complexity index is 1150. The van der Waals surface area contributed by atoms with E-state index in [4.69, 9.17) is 16.3 Å². The monoisotopic (exact) mass is 439 g/mol. The van der Waals surface area contributed by atoms with E-state index in [1.54, 1.807) is 13.2 Å². The van der Waals surface area contributed by atoms with Gasteiger partial charge < -0.3 is 4.74 Å². The molecule has 1 aromatic heterocycles. The van der Waals surface area contributed by atoms with Crippen LogP contribution in [0.1, 0.15) is 38.3 Å². The molecule has 0 unspecified atom stereocenters. The number of ketones is 1. The summed E-state index contributed by atoms with van der Waals surface area (Å²) in [6.07, 6.45) is 1.02. The van der Waals surface area contributed by atoms with Crippen LogP contribution in [0, 0.1) is 5.41 Å². The number of hydrogen-bond acceptors (Lipinski definition) is 5. The van der Waals surface area contributed by atoms with Crippen molar-refractivity contribution in [3.05, 3.63) is 69.1 Å². The molecule has 1 heterocycles. The van der Waals surface area contributed by atoms with Crippen molar-refractivity contribution in [1.29, 1.82) is 0 Å². The highest BCUT2D eigenvalue weighted by Crippen LogP contribution is 2.28. The number of H-pyrrole nitrogens is 1. The Balaban J connectivity index is 1.95. The van der Waals surface area contributed by atoms with Gasteiger partial charge in [-0.1, -0.05) is 56.6 Å². The standard InChI is InChI=1S/C24H26ClN3O3/c1-24(2,3)20(29)11-9-15-8-10-19(25)18(13-15)22-26-21(27-23(30)28-22)17-7-5-6-16(12-17)14-31-4/h5-8,10,12-13H,9,11,14H2,1-4H3,(H,26,27,28,30). The number of nitrogens with zero attached hydrogens (tertiary/aromatic N) is 2. The first-order valence-corrected chi connectivity index (χ1v) is 10.4. The first-order valence-electron chi connectivity index (χ1n) is 10.1. The third kappa shape index (κ3) is 5.87. The maximum Gasteiger partial charge on any atom is 0.348 e. The average molecular weight is 440 g/mol. The van der Waals surface area contributed by atoms with Crippen LogP contribution in [-0.4, -0.2) is 27.8 Å². The van der Waals surface area contributed by atoms with E-state index < -0.39 is 5.69 Å². The normalized spacial score (nSPS) is 11.5. The van der Waals surface area contributed by atoms with E-state index in [1.807, 2.05) is 57.2 Å². The van der Waals surface area contributed by atoms with E-state index in [1.165, 1.54) is 0 Å². The molecule has 0 aliphatic rings. The number of benzene rings is 2. The second-order valence-electron chi connectivity index (χ2n) is 8.45. The third-order valence-corrected chi connectivity index (χ3v) is 5.24. The summed E-state index contributed by atoms with van der Waals surface area (Å²) in [5.74, 6) is 0.833. The number of aromatic nitrogens is 3. The SMILES string of the molecule is COCc1cccc(-c2nc(-c3cc(CCC(=O)C(C)(C)C)ccc3Cl)[nH]c(=O)n2)c1. The number of aromatic amines is 1. The van der Waals surface area contributed by atoms with Gasteiger partial charge in [0, 0.05) is 30.1 Å². The first kappa shape index (κ1) is 22.8. The molecule has 0 saturated carbocycles. The number of ether oxygens (including phenoxy) is 1. The first-order chi connectivity index (χ1) is 14.7. The minimum atomic E-state index is -0.512. The highest BCUT2D eigenvalue weighted by atomic mass is 35.5. The van der Waals surface area contributed by atoms with Crippen molar-refractivity contribution in [2.45, 2.75) is 40.2 Å². The van der Waals surface area contributed by atoms with Gasteiger partial charge in [-0.05, 0) is 35.7 Å². The molecule has 2 aromatic carbocycles. The molecule has 0 aliphatic heterocycles. The zero-order valence-electron chi connectivity index (χ0n) is 18.2. The second kappa shape index (κ2) is 9.54. The van der Waals surface area contributed by atoms with Crippen LogP contribution in [0.25, 0.3) is 22.8 Å². The van der Waals surface area contributed by atoms with Gasteiger partial charge in [-0.15, -0.1) is 0 Å². The van der Waals surface area contributed by atoms with Crippen molar-refractivity contribution in [3.8, 4) is 22.8 Å². The zero-order valence-corrected chi connectivity index (χ0v) is 18.9. The number of rotatable bonds is 7. The molecular weight excluding hydrogens is 414 g/mol. The van der Waals surface area contributed by atoms with E-state index in [0.29, 0.717) is 47.2 Å². The lowest BCUT2D eigenvalue weighted by Gasteiger charge is -2.16. The fourth-order valence-corrected chi connectivity index (χ4v) is 3.36. The number of halogens is 1. The van der Waals surface area contributed by atoms with Crippen molar-refractivity contribution in [2.75, 3.05) is 7.11 Å². The van der Waals surface area contributed by atoms with Crippen molar-refractivity contribution in [3.63, 3.8) is 0 Å². The van der Waals surface area contributed by atoms with E-state index >= 15 is 0 Å². The molecule has 162 valence electrons. The van der Waals surface area contributed by atoms with Gasteiger partial charge in [-0.25, -0.2) is 9.78 Å². The van der Waals surface area contributed by atoms with Crippen molar-refractivity contribution in [1.82, 2.24) is 15.0 Å². The van der Waals surface area contributed by atoms with Gasteiger partial charge in [0.05, 0.1) is 11.6 Å². The Kier molecular flexibility index (Phi) is 7.03. The summed E-state index contributed by atoms with van der Waals surface area (Å²) >= 11 is 6.42. The van der Waals surface area contributed by atoms with Crippen molar-refractivity contribution in [2.24, 2.45) is 5.41 Å². The molecule has 0 aliphatic carbocycles. The molecule has 0 fully saturated rings. The lowest BCUT2D eigenvalue weighted by molar-refractivity contribution is -0.126. The van der Waals surface area contributed by atoms with Gasteiger partial charge in [0.1, 0.15) is 11.6 Å². The minimum Gasteiger partial charge on any atom is -0.380 e. The highest BCUT2D eigenvalue weighted by molar-refractivity contribution is 6.33. The Morgan fingerprint density at radius 3 is 2.58 bits per heavy atom. The fourth-order valence-electron chi connectivity index (χ4n) is 3.15. The van der Waals surface area contributed by atoms with Crippen LogP contribution in [0.5, 0.6) is 0 Å². The summed E-state index contributed by atoms with van der Waals surface area (Å²) in [6, 6.07) is 13.0. The van der Waals surface area contributed by atoms with Gasteiger partial charge in [0.15, 0.2) is 5.82 Å². The summed E-state index contributed by atoms with van der Waals surface area (Å²) in [7, 11) is 1.62. The molecule has 1 N–H and O–H groups in total. The number of carbonyl (C=O) groups is 1. The molecule has 0 amide bonds. The van der Waals surface area contributed by atoms with Crippen LogP contribution in [0.3, 0.4) is 0 Å². The van der Waals surface area contributed by atoms with E-state index in [2.05, 4.69) is 15.0 Å². The van der Waals surface area contributed by atoms with Crippen molar-refractivity contribution < 1.29 is 9.53 Å². The largest absolute Gasteiger partial charge is 0.380 e. The molecule has 0 bridgehead atoms. The van der Waals surface area contributed by atoms with E-state index in [9.17, 15) is 9.59 Å². The molecule has 31 heavy (non-hydrogen) atoms. The number of nitrogens with one attached hydrogen (secondary N) is 1. The zero-order chi connectivity index (χ0) is 22.6. The summed E-state index contributed by atoms with van der Waals surface area (Å²) in [6.45, 7) is 6.19. The van der Waals surface area contributed by atoms with E-state index in [0.717, 1.165) is 11.1 Å². The molecule has 3 aromatic rings. The second-order valence-corrected chi connectivity index (χ2v) is 8.85. The Morgan fingerprint density at radius 1 is 1.10 bits per heavy atom. The predicted molar refractivity (Wildman–Crippen MR) is 122 cm³/mol. The fraction of sp³-hybridized carbons (Fsp3) is 0.333. The summed E-state index contributed by atoms with van der Waals surface area (Å²) < 4.78 is 5.17. The molecule has 0 atom stereocenters. The molecule has 7 heteroatoms. The van der Waals surface area contributed by atoms with Crippen LogP contribution < -0.4 is 5.69 Å². The minimum absolute atomic E-state index is 0.192. The number of aryl methyl sites for hydroxylation is 1. The number of hydrogen-bond donors (Lipinski definition) is 1. The number of carbonyl (C=O) groups excluding carboxylic acids is 1. The molecule has 0 saturated heterocycles. The van der Waals surface area contributed by atoms with Gasteiger partial charge >= 0.3 is 5.69 Å². The van der Waals surface area contributed by atoms with Gasteiger partial charge in [0.25, 0.3) is 0 Å². The summed E-state index contributed by atoms with van der Waals surface area (Å²) in [5, 5.41) is 0.458. The molecule has 6 nitrogen and oxygen atoms in total. The van der Waals surface area contributed by atoms with Gasteiger partial charge in [-0.3, -0.25) is 9.78 Å². The highest BCUT2D eigenvalue weighted by Gasteiger charge is 2.20. The third-order valence-electron chi connectivity index (χ3n) is 4.91. The predicted octanol–water partition coefficient (Wildman–Crippen LogP) is 4.85. The average Bonchev–Trinajstić information content (AvgIpc) is 2.72. The van der Waals surface area contributed by atoms with Crippen molar-refractivity contribution >= 4 is 17.4 Å². The molecular formula is C24H26ClN3O3. The van der Waals surface area contributed by atoms with Crippen LogP contribution in [0.2, 0.25) is 5.02 Å². The molecule has 0 radical (unpaired) electrons. The number of Topliss-reactive ketones (excluding diaryl/α,β-unsaturated/α-hetero) is 1. The smallest absolute Gasteiger partial charge is 0.348 e. The van der Waals surface area contributed by atoms with Crippen LogP contribution >= 0.6 is 11.6 Å². The maximum atomic E-state index is 12.3. The Hall–Kier alpha value is -2.83. The molecule has 3 rings (SSSR count). The van der Waals surface area contributed by atoms with Crippen LogP contribution in [0.4, 0.5) is 0 Å². The maximum absolute atomic E-state index is 12.3. The molecule has 0 spiro atoms. The van der Waals surface area contributed by atoms with Gasteiger partial charge in [0.2, 0.25) is 0 Å². The topological polar surface area (TPSA) is 84.9 Å². The Labute approximate surface area is 186 Å². The Morgan fingerprint density at radius 2 is 1.87 bits per heavy atom. The number of methoxy groups -OCH3 is 1. The lowest BCUT2D eigenvalue weighted by atomic mass is 9.87. The lowest BCUT2D eigenvalue weighted by Crippen LogP contribution is -2.20. The summed E-state index contributed by atoms with van der Waals surface area (Å²) in [4.78, 5) is 35.8. The van der Waals surface area contributed by atoms with Crippen LogP contribution in [0.15, 0.2) is 47.3 Å². The van der Waals surface area contributed by atoms with Gasteiger partial charge in [-0.2, -0.15) is 4.98 Å². The van der Waals surface area contributed by atoms with Crippen LogP contribution in [-0.2, 0) is 22.6 Å². The quantitative estimate of drug-likeness (QED) is 0.569. The van der Waals surface area contributed by atoms with E-state index in [-0.39, 0.29) is 11.2 Å². The summed E-state index contributed by atoms with van der Waals surface area (Å²) in [5.41, 5.74) is 2.32.